The van der Waals surface area contributed by atoms with Crippen LogP contribution in [-0.2, 0) is 6.54 Å². The van der Waals surface area contributed by atoms with Crippen LogP contribution in [-0.4, -0.2) is 25.8 Å². The SMILES string of the molecule is O=C(O)c1cccc(Cn2ccc3cc(-c4cn[nH]c4)ccc3c2=O)c1. The van der Waals surface area contributed by atoms with E-state index in [-0.39, 0.29) is 11.1 Å². The fraction of sp³-hybridized carbons (Fsp3) is 0.0500. The summed E-state index contributed by atoms with van der Waals surface area (Å²) in [7, 11) is 0. The van der Waals surface area contributed by atoms with Gasteiger partial charge in [-0.3, -0.25) is 9.89 Å². The number of nitrogens with one attached hydrogen (secondary N) is 1. The lowest BCUT2D eigenvalue weighted by molar-refractivity contribution is 0.0696. The number of carbonyl (C=O) groups is 1. The molecule has 0 aliphatic carbocycles. The van der Waals surface area contributed by atoms with Crippen LogP contribution in [0.4, 0.5) is 0 Å². The zero-order chi connectivity index (χ0) is 18.1. The minimum absolute atomic E-state index is 0.109. The fourth-order valence-electron chi connectivity index (χ4n) is 3.00. The van der Waals surface area contributed by atoms with Crippen LogP contribution in [0.25, 0.3) is 21.9 Å². The van der Waals surface area contributed by atoms with E-state index in [1.165, 1.54) is 6.07 Å². The number of pyridine rings is 1. The van der Waals surface area contributed by atoms with Crippen molar-refractivity contribution < 1.29 is 9.90 Å². The van der Waals surface area contributed by atoms with Gasteiger partial charge in [-0.25, -0.2) is 4.79 Å². The number of benzene rings is 2. The average Bonchev–Trinajstić information content (AvgIpc) is 3.19. The van der Waals surface area contributed by atoms with E-state index in [1.807, 2.05) is 30.3 Å². The number of rotatable bonds is 4. The van der Waals surface area contributed by atoms with E-state index in [0.29, 0.717) is 11.9 Å². The van der Waals surface area contributed by atoms with E-state index in [1.54, 1.807) is 35.3 Å². The smallest absolute Gasteiger partial charge is 0.335 e. The maximum atomic E-state index is 12.8. The number of fused-ring (bicyclic) bond motifs is 1. The molecule has 6 nitrogen and oxygen atoms in total. The molecule has 0 spiro atoms. The highest BCUT2D eigenvalue weighted by molar-refractivity contribution is 5.88. The summed E-state index contributed by atoms with van der Waals surface area (Å²) < 4.78 is 1.58. The zero-order valence-corrected chi connectivity index (χ0v) is 13.7. The number of hydrogen-bond donors (Lipinski definition) is 2. The highest BCUT2D eigenvalue weighted by Gasteiger charge is 2.08. The van der Waals surface area contributed by atoms with E-state index in [9.17, 15) is 9.59 Å². The molecule has 4 aromatic rings. The number of nitrogens with zero attached hydrogens (tertiary/aromatic N) is 2. The van der Waals surface area contributed by atoms with Crippen molar-refractivity contribution in [3.8, 4) is 11.1 Å². The summed E-state index contributed by atoms with van der Waals surface area (Å²) >= 11 is 0. The topological polar surface area (TPSA) is 88.0 Å². The van der Waals surface area contributed by atoms with Crippen LogP contribution in [0.1, 0.15) is 15.9 Å². The first kappa shape index (κ1) is 15.8. The summed E-state index contributed by atoms with van der Waals surface area (Å²) in [6.45, 7) is 0.319. The van der Waals surface area contributed by atoms with Gasteiger partial charge in [-0.1, -0.05) is 18.2 Å². The van der Waals surface area contributed by atoms with E-state index in [0.717, 1.165) is 22.1 Å². The molecule has 0 radical (unpaired) electrons. The predicted octanol–water partition coefficient (Wildman–Crippen LogP) is 3.14. The Kier molecular flexibility index (Phi) is 3.85. The van der Waals surface area contributed by atoms with Crippen molar-refractivity contribution in [3.05, 3.63) is 88.6 Å². The molecule has 2 aromatic carbocycles. The summed E-state index contributed by atoms with van der Waals surface area (Å²) in [5, 5.41) is 17.3. The van der Waals surface area contributed by atoms with Crippen molar-refractivity contribution in [1.82, 2.24) is 14.8 Å². The summed E-state index contributed by atoms with van der Waals surface area (Å²) in [5.41, 5.74) is 2.81. The minimum Gasteiger partial charge on any atom is -0.478 e. The van der Waals surface area contributed by atoms with E-state index in [2.05, 4.69) is 10.2 Å². The van der Waals surface area contributed by atoms with Crippen molar-refractivity contribution in [3.63, 3.8) is 0 Å². The normalized spacial score (nSPS) is 10.9. The maximum Gasteiger partial charge on any atom is 0.335 e. The number of aromatic nitrogens is 3. The van der Waals surface area contributed by atoms with Crippen molar-refractivity contribution >= 4 is 16.7 Å². The Labute approximate surface area is 148 Å². The summed E-state index contributed by atoms with van der Waals surface area (Å²) in [5.74, 6) is -0.982. The second kappa shape index (κ2) is 6.33. The summed E-state index contributed by atoms with van der Waals surface area (Å²) in [4.78, 5) is 23.9. The lowest BCUT2D eigenvalue weighted by Crippen LogP contribution is -2.20. The van der Waals surface area contributed by atoms with E-state index < -0.39 is 5.97 Å². The number of aromatic carboxylic acids is 1. The predicted molar refractivity (Wildman–Crippen MR) is 98.3 cm³/mol. The molecule has 0 aliphatic heterocycles. The van der Waals surface area contributed by atoms with Gasteiger partial charge in [0.25, 0.3) is 5.56 Å². The van der Waals surface area contributed by atoms with Crippen LogP contribution in [0.15, 0.2) is 71.9 Å². The first-order valence-corrected chi connectivity index (χ1v) is 8.06. The van der Waals surface area contributed by atoms with Crippen LogP contribution in [0.2, 0.25) is 0 Å². The molecule has 0 amide bonds. The molecule has 0 saturated heterocycles. The second-order valence-electron chi connectivity index (χ2n) is 6.04. The molecule has 0 aliphatic rings. The van der Waals surface area contributed by atoms with Crippen LogP contribution in [0.3, 0.4) is 0 Å². The van der Waals surface area contributed by atoms with Gasteiger partial charge in [0.2, 0.25) is 0 Å². The average molecular weight is 345 g/mol. The zero-order valence-electron chi connectivity index (χ0n) is 13.7. The number of carboxylic acid groups (broad SMARTS) is 1. The lowest BCUT2D eigenvalue weighted by Gasteiger charge is -2.09. The van der Waals surface area contributed by atoms with Crippen LogP contribution < -0.4 is 5.56 Å². The molecule has 26 heavy (non-hydrogen) atoms. The van der Waals surface area contributed by atoms with Crippen LogP contribution in [0, 0.1) is 0 Å². The van der Waals surface area contributed by atoms with Gasteiger partial charge in [0.1, 0.15) is 0 Å². The molecule has 2 aromatic heterocycles. The van der Waals surface area contributed by atoms with Crippen molar-refractivity contribution in [2.24, 2.45) is 0 Å². The first-order valence-electron chi connectivity index (χ1n) is 8.06. The summed E-state index contributed by atoms with van der Waals surface area (Å²) in [6, 6.07) is 14.2. The Morgan fingerprint density at radius 2 is 2.00 bits per heavy atom. The molecule has 128 valence electrons. The largest absolute Gasteiger partial charge is 0.478 e. The van der Waals surface area contributed by atoms with Gasteiger partial charge in [0.15, 0.2) is 0 Å². The van der Waals surface area contributed by atoms with E-state index >= 15 is 0 Å². The summed E-state index contributed by atoms with van der Waals surface area (Å²) in [6.07, 6.45) is 5.27. The third kappa shape index (κ3) is 2.88. The highest BCUT2D eigenvalue weighted by atomic mass is 16.4. The molecule has 2 N–H and O–H groups in total. The third-order valence-electron chi connectivity index (χ3n) is 4.34. The Balaban J connectivity index is 1.72. The Bertz CT molecular complexity index is 1160. The minimum atomic E-state index is -0.982. The lowest BCUT2D eigenvalue weighted by atomic mass is 10.0. The van der Waals surface area contributed by atoms with E-state index in [4.69, 9.17) is 5.11 Å². The number of aromatic amines is 1. The second-order valence-corrected chi connectivity index (χ2v) is 6.04. The third-order valence-corrected chi connectivity index (χ3v) is 4.34. The molecule has 0 fully saturated rings. The maximum absolute atomic E-state index is 12.8. The van der Waals surface area contributed by atoms with Gasteiger partial charge in [-0.2, -0.15) is 5.10 Å². The van der Waals surface area contributed by atoms with Crippen LogP contribution >= 0.6 is 0 Å². The Hall–Kier alpha value is -3.67. The number of hydrogen-bond acceptors (Lipinski definition) is 3. The monoisotopic (exact) mass is 345 g/mol. The molecule has 0 atom stereocenters. The van der Waals surface area contributed by atoms with Gasteiger partial charge in [0.05, 0.1) is 18.3 Å². The molecule has 4 rings (SSSR count). The molecule has 0 bridgehead atoms. The van der Waals surface area contributed by atoms with Gasteiger partial charge >= 0.3 is 5.97 Å². The Morgan fingerprint density at radius 3 is 2.77 bits per heavy atom. The van der Waals surface area contributed by atoms with Gasteiger partial charge in [-0.05, 0) is 46.8 Å². The van der Waals surface area contributed by atoms with Gasteiger partial charge in [0, 0.05) is 23.3 Å². The molecule has 0 saturated carbocycles. The fourth-order valence-corrected chi connectivity index (χ4v) is 3.00. The molecule has 6 heteroatoms. The van der Waals surface area contributed by atoms with Crippen molar-refractivity contribution in [2.75, 3.05) is 0 Å². The van der Waals surface area contributed by atoms with Crippen molar-refractivity contribution in [1.29, 1.82) is 0 Å². The molecular formula is C20H15N3O3. The molecule has 2 heterocycles. The first-order chi connectivity index (χ1) is 12.6. The highest BCUT2D eigenvalue weighted by Crippen LogP contribution is 2.22. The number of carboxylic acids is 1. The molecular weight excluding hydrogens is 330 g/mol. The van der Waals surface area contributed by atoms with Crippen molar-refractivity contribution in [2.45, 2.75) is 6.54 Å². The quantitative estimate of drug-likeness (QED) is 0.595. The number of H-pyrrole nitrogens is 1. The Morgan fingerprint density at radius 1 is 1.12 bits per heavy atom. The van der Waals surface area contributed by atoms with Gasteiger partial charge < -0.3 is 9.67 Å². The molecule has 0 unspecified atom stereocenters. The van der Waals surface area contributed by atoms with Crippen LogP contribution in [0.5, 0.6) is 0 Å². The standard InChI is InChI=1S/C20H15N3O3/c24-19-18-5-4-14(17-10-21-22-11-17)9-15(18)6-7-23(19)12-13-2-1-3-16(8-13)20(25)26/h1-11H,12H2,(H,21,22)(H,25,26). The van der Waals surface area contributed by atoms with Gasteiger partial charge in [-0.15, -0.1) is 0 Å².